The number of fused-ring (bicyclic) bond motifs is 3. The molecule has 0 unspecified atom stereocenters. The second-order valence-electron chi connectivity index (χ2n) is 12.4. The number of carbonyl (C=O) groups is 2. The molecule has 4 aliphatic rings. The van der Waals surface area contributed by atoms with Gasteiger partial charge in [-0.1, -0.05) is 45.4 Å². The van der Waals surface area contributed by atoms with Gasteiger partial charge in [-0.25, -0.2) is 4.79 Å². The van der Waals surface area contributed by atoms with E-state index < -0.39 is 11.5 Å². The number of ether oxygens (including phenoxy) is 2. The Labute approximate surface area is 213 Å². The second kappa shape index (κ2) is 8.76. The molecule has 0 saturated heterocycles. The van der Waals surface area contributed by atoms with Crippen LogP contribution in [0.2, 0.25) is 0 Å². The van der Waals surface area contributed by atoms with Crippen molar-refractivity contribution < 1.29 is 24.2 Å². The molecule has 0 heterocycles. The van der Waals surface area contributed by atoms with Gasteiger partial charge < -0.3 is 14.6 Å². The van der Waals surface area contributed by atoms with Crippen LogP contribution in [0.25, 0.3) is 0 Å². The highest BCUT2D eigenvalue weighted by Crippen LogP contribution is 2.73. The molecule has 35 heavy (non-hydrogen) atoms. The molecule has 5 nitrogen and oxygen atoms in total. The van der Waals surface area contributed by atoms with Gasteiger partial charge in [-0.15, -0.1) is 11.6 Å². The maximum absolute atomic E-state index is 13.2. The minimum Gasteiger partial charge on any atom is -0.465 e. The Morgan fingerprint density at radius 1 is 1.11 bits per heavy atom. The fourth-order valence-electron chi connectivity index (χ4n) is 9.31. The Morgan fingerprint density at radius 3 is 2.51 bits per heavy atom. The molecule has 1 spiro atoms. The minimum absolute atomic E-state index is 0.0127. The monoisotopic (exact) mass is 502 g/mol. The van der Waals surface area contributed by atoms with Crippen LogP contribution in [0.3, 0.4) is 0 Å². The number of carbonyl (C=O) groups excluding carboxylic acids is 2. The number of esters is 2. The lowest BCUT2D eigenvalue weighted by molar-refractivity contribution is -0.214. The second-order valence-corrected chi connectivity index (χ2v) is 12.9. The van der Waals surface area contributed by atoms with Crippen molar-refractivity contribution in [2.75, 3.05) is 6.61 Å². The maximum Gasteiger partial charge on any atom is 0.338 e. The van der Waals surface area contributed by atoms with Gasteiger partial charge in [0.05, 0.1) is 18.3 Å². The van der Waals surface area contributed by atoms with Gasteiger partial charge in [-0.05, 0) is 61.5 Å². The van der Waals surface area contributed by atoms with E-state index in [-0.39, 0.29) is 52.0 Å². The van der Waals surface area contributed by atoms with Crippen LogP contribution in [0, 0.1) is 39.9 Å². The van der Waals surface area contributed by atoms with Crippen LogP contribution >= 0.6 is 11.6 Å². The molecule has 0 radical (unpaired) electrons. The van der Waals surface area contributed by atoms with Crippen molar-refractivity contribution >= 4 is 23.5 Å². The standard InChI is InChI=1S/C29H39ClO5/c1-17-23-20(30)15-22-28(4)13-8-12-27(3,16-34-18(2)31)21(28)11-14-29(22,24(23)32)25(17)35-26(33)19-9-6-5-7-10-19/h5-7,9-10,17,20-25,32H,8,11-16H2,1-4H3/t17-,20+,21+,22-,23+,24+,25-,27+,28+,29-/m0/s1. The number of hydrogen-bond acceptors (Lipinski definition) is 5. The van der Waals surface area contributed by atoms with Gasteiger partial charge in [0.2, 0.25) is 0 Å². The van der Waals surface area contributed by atoms with Crippen LogP contribution in [-0.2, 0) is 14.3 Å². The Hall–Kier alpha value is -1.59. The molecule has 1 N–H and O–H groups in total. The highest BCUT2D eigenvalue weighted by atomic mass is 35.5. The maximum atomic E-state index is 13.2. The average molecular weight is 503 g/mol. The van der Waals surface area contributed by atoms with Crippen molar-refractivity contribution in [3.05, 3.63) is 35.9 Å². The first kappa shape index (κ1) is 25.1. The van der Waals surface area contributed by atoms with Gasteiger partial charge in [0.15, 0.2) is 0 Å². The zero-order valence-corrected chi connectivity index (χ0v) is 22.1. The molecule has 192 valence electrons. The fraction of sp³-hybridized carbons (Fsp3) is 0.724. The van der Waals surface area contributed by atoms with E-state index in [1.807, 2.05) is 18.2 Å². The third-order valence-corrected chi connectivity index (χ3v) is 11.1. The largest absolute Gasteiger partial charge is 0.465 e. The van der Waals surface area contributed by atoms with Crippen molar-refractivity contribution in [3.8, 4) is 0 Å². The molecule has 1 aromatic rings. The summed E-state index contributed by atoms with van der Waals surface area (Å²) in [6.45, 7) is 8.64. The van der Waals surface area contributed by atoms with Crippen LogP contribution in [0.15, 0.2) is 30.3 Å². The summed E-state index contributed by atoms with van der Waals surface area (Å²) in [4.78, 5) is 24.9. The van der Waals surface area contributed by atoms with E-state index in [4.69, 9.17) is 21.1 Å². The van der Waals surface area contributed by atoms with E-state index in [0.29, 0.717) is 18.1 Å². The molecule has 6 heteroatoms. The molecular formula is C29H39ClO5. The van der Waals surface area contributed by atoms with Crippen LogP contribution < -0.4 is 0 Å². The zero-order valence-electron chi connectivity index (χ0n) is 21.3. The van der Waals surface area contributed by atoms with Gasteiger partial charge in [0.1, 0.15) is 6.10 Å². The molecule has 5 rings (SSSR count). The van der Waals surface area contributed by atoms with Crippen LogP contribution in [0.1, 0.15) is 76.6 Å². The lowest BCUT2D eigenvalue weighted by Gasteiger charge is -2.65. The van der Waals surface area contributed by atoms with Crippen molar-refractivity contribution in [3.63, 3.8) is 0 Å². The van der Waals surface area contributed by atoms with Crippen molar-refractivity contribution in [2.24, 2.45) is 39.9 Å². The third kappa shape index (κ3) is 3.67. The summed E-state index contributed by atoms with van der Waals surface area (Å²) in [5.74, 6) is -0.165. The molecular weight excluding hydrogens is 464 g/mol. The molecule has 0 aliphatic heterocycles. The predicted molar refractivity (Wildman–Crippen MR) is 134 cm³/mol. The third-order valence-electron chi connectivity index (χ3n) is 10.7. The average Bonchev–Trinajstić information content (AvgIpc) is 2.95. The van der Waals surface area contributed by atoms with E-state index in [1.165, 1.54) is 6.92 Å². The first-order valence-corrected chi connectivity index (χ1v) is 13.7. The van der Waals surface area contributed by atoms with Crippen LogP contribution in [0.5, 0.6) is 0 Å². The van der Waals surface area contributed by atoms with Gasteiger partial charge >= 0.3 is 11.9 Å². The first-order chi connectivity index (χ1) is 16.5. The Balaban J connectivity index is 1.52. The molecule has 4 aliphatic carbocycles. The summed E-state index contributed by atoms with van der Waals surface area (Å²) >= 11 is 7.03. The van der Waals surface area contributed by atoms with E-state index in [9.17, 15) is 14.7 Å². The summed E-state index contributed by atoms with van der Waals surface area (Å²) in [6, 6.07) is 9.14. The zero-order chi connectivity index (χ0) is 25.2. The van der Waals surface area contributed by atoms with E-state index in [1.54, 1.807) is 12.1 Å². The highest BCUT2D eigenvalue weighted by Gasteiger charge is 2.74. The lowest BCUT2D eigenvalue weighted by atomic mass is 9.40. The SMILES string of the molecule is CC(=O)OC[C@@]1(C)CCC[C@]2(C)[C@@H]1CC[C@]13[C@H](O)[C@H]([C@H](C)[C@@H]1OC(=O)c1ccccc1)[C@H](Cl)C[C@@H]23. The Morgan fingerprint density at radius 2 is 1.83 bits per heavy atom. The van der Waals surface area contributed by atoms with Crippen LogP contribution in [0.4, 0.5) is 0 Å². The molecule has 10 atom stereocenters. The van der Waals surface area contributed by atoms with Gasteiger partial charge in [0.25, 0.3) is 0 Å². The number of aliphatic hydroxyl groups is 1. The fourth-order valence-corrected chi connectivity index (χ4v) is 9.85. The van der Waals surface area contributed by atoms with Gasteiger partial charge in [-0.3, -0.25) is 4.79 Å². The van der Waals surface area contributed by atoms with Crippen LogP contribution in [-0.4, -0.2) is 41.2 Å². The number of hydrogen-bond donors (Lipinski definition) is 1. The predicted octanol–water partition coefficient (Wildman–Crippen LogP) is 5.62. The van der Waals surface area contributed by atoms with Crippen molar-refractivity contribution in [1.82, 2.24) is 0 Å². The van der Waals surface area contributed by atoms with Crippen molar-refractivity contribution in [1.29, 1.82) is 0 Å². The van der Waals surface area contributed by atoms with E-state index >= 15 is 0 Å². The van der Waals surface area contributed by atoms with E-state index in [0.717, 1.165) is 38.5 Å². The summed E-state index contributed by atoms with van der Waals surface area (Å²) in [6.07, 6.45) is 4.71. The van der Waals surface area contributed by atoms with Crippen molar-refractivity contribution in [2.45, 2.75) is 83.8 Å². The molecule has 0 aromatic heterocycles. The number of alkyl halides is 1. The topological polar surface area (TPSA) is 72.8 Å². The highest BCUT2D eigenvalue weighted by molar-refractivity contribution is 6.21. The normalized spacial score (nSPS) is 46.3. The number of aliphatic hydroxyl groups excluding tert-OH is 1. The molecule has 4 fully saturated rings. The quantitative estimate of drug-likeness (QED) is 0.427. The number of halogens is 1. The summed E-state index contributed by atoms with van der Waals surface area (Å²) in [7, 11) is 0. The Bertz CT molecular complexity index is 983. The molecule has 1 aromatic carbocycles. The molecule has 4 saturated carbocycles. The lowest BCUT2D eigenvalue weighted by Crippen LogP contribution is -2.64. The molecule has 2 bridgehead atoms. The number of benzene rings is 1. The van der Waals surface area contributed by atoms with Gasteiger partial charge in [-0.2, -0.15) is 0 Å². The minimum atomic E-state index is -0.591. The molecule has 0 amide bonds. The van der Waals surface area contributed by atoms with E-state index in [2.05, 4.69) is 20.8 Å². The summed E-state index contributed by atoms with van der Waals surface area (Å²) < 4.78 is 11.9. The Kier molecular flexibility index (Phi) is 6.28. The first-order valence-electron chi connectivity index (χ1n) is 13.3. The summed E-state index contributed by atoms with van der Waals surface area (Å²) in [5.41, 5.74) is -0.140. The number of rotatable bonds is 4. The smallest absolute Gasteiger partial charge is 0.338 e. The van der Waals surface area contributed by atoms with Gasteiger partial charge in [0, 0.05) is 35.0 Å². The summed E-state index contributed by atoms with van der Waals surface area (Å²) in [5, 5.41) is 11.7.